The third-order valence-electron chi connectivity index (χ3n) is 3.92. The normalized spacial score (nSPS) is 28.2. The summed E-state index contributed by atoms with van der Waals surface area (Å²) < 4.78 is 13.3. The van der Waals surface area contributed by atoms with E-state index in [9.17, 15) is 4.39 Å². The van der Waals surface area contributed by atoms with Gasteiger partial charge in [-0.05, 0) is 42.4 Å². The van der Waals surface area contributed by atoms with E-state index in [2.05, 4.69) is 13.8 Å². The van der Waals surface area contributed by atoms with Crippen LogP contribution in [0.3, 0.4) is 0 Å². The molecule has 1 nitrogen and oxygen atoms in total. The molecule has 0 saturated heterocycles. The highest BCUT2D eigenvalue weighted by Gasteiger charge is 2.43. The van der Waals surface area contributed by atoms with Crippen molar-refractivity contribution in [1.29, 1.82) is 0 Å². The van der Waals surface area contributed by atoms with Crippen molar-refractivity contribution < 1.29 is 4.39 Å². The topological polar surface area (TPSA) is 26.0 Å². The molecule has 1 aromatic rings. The summed E-state index contributed by atoms with van der Waals surface area (Å²) in [5.74, 6) is -0.157. The van der Waals surface area contributed by atoms with E-state index in [4.69, 9.17) is 5.73 Å². The number of hydrogen-bond acceptors (Lipinski definition) is 1. The summed E-state index contributed by atoms with van der Waals surface area (Å²) in [6, 6.07) is 6.94. The second-order valence-corrected chi connectivity index (χ2v) is 5.84. The molecule has 0 aliphatic heterocycles. The smallest absolute Gasteiger partial charge is 0.123 e. The lowest BCUT2D eigenvalue weighted by Gasteiger charge is -2.30. The predicted octanol–water partition coefficient (Wildman–Crippen LogP) is 3.23. The van der Waals surface area contributed by atoms with Crippen LogP contribution in [0.15, 0.2) is 24.3 Å². The van der Waals surface area contributed by atoms with Crippen molar-refractivity contribution in [2.75, 3.05) is 6.54 Å². The van der Waals surface area contributed by atoms with Crippen LogP contribution < -0.4 is 5.73 Å². The molecule has 2 rings (SSSR count). The Morgan fingerprint density at radius 3 is 2.56 bits per heavy atom. The summed E-state index contributed by atoms with van der Waals surface area (Å²) in [7, 11) is 0. The lowest BCUT2D eigenvalue weighted by Crippen LogP contribution is -2.33. The molecule has 88 valence electrons. The number of halogens is 1. The minimum Gasteiger partial charge on any atom is -0.330 e. The minimum atomic E-state index is -0.157. The molecule has 0 bridgehead atoms. The molecule has 0 radical (unpaired) electrons. The quantitative estimate of drug-likeness (QED) is 0.815. The van der Waals surface area contributed by atoms with Gasteiger partial charge in [0.1, 0.15) is 5.82 Å². The van der Waals surface area contributed by atoms with Gasteiger partial charge in [0.05, 0.1) is 0 Å². The van der Waals surface area contributed by atoms with Crippen molar-refractivity contribution in [3.63, 3.8) is 0 Å². The average molecular weight is 221 g/mol. The van der Waals surface area contributed by atoms with Gasteiger partial charge in [0.25, 0.3) is 0 Å². The molecule has 1 aliphatic rings. The number of nitrogens with two attached hydrogens (primary N) is 1. The van der Waals surface area contributed by atoms with Gasteiger partial charge in [-0.3, -0.25) is 0 Å². The van der Waals surface area contributed by atoms with E-state index >= 15 is 0 Å². The van der Waals surface area contributed by atoms with E-state index in [0.29, 0.717) is 12.0 Å². The molecule has 1 aromatic carbocycles. The maximum atomic E-state index is 13.3. The van der Waals surface area contributed by atoms with E-state index in [1.54, 1.807) is 12.1 Å². The van der Waals surface area contributed by atoms with Gasteiger partial charge in [0.15, 0.2) is 0 Å². The Morgan fingerprint density at radius 1 is 1.31 bits per heavy atom. The van der Waals surface area contributed by atoms with Gasteiger partial charge in [-0.15, -0.1) is 0 Å². The molecule has 1 saturated carbocycles. The van der Waals surface area contributed by atoms with Gasteiger partial charge in [-0.25, -0.2) is 4.39 Å². The van der Waals surface area contributed by atoms with Crippen molar-refractivity contribution in [2.45, 2.75) is 38.5 Å². The standard InChI is InChI=1S/C14H20FN/c1-13(2)6-7-14(9-13,10-16)11-4-3-5-12(15)8-11/h3-5,8H,6-7,9-10,16H2,1-2H3. The van der Waals surface area contributed by atoms with Crippen LogP contribution in [-0.2, 0) is 5.41 Å². The van der Waals surface area contributed by atoms with Crippen LogP contribution in [-0.4, -0.2) is 6.54 Å². The maximum Gasteiger partial charge on any atom is 0.123 e. The van der Waals surface area contributed by atoms with Crippen molar-refractivity contribution >= 4 is 0 Å². The van der Waals surface area contributed by atoms with Crippen LogP contribution in [0.1, 0.15) is 38.7 Å². The fraction of sp³-hybridized carbons (Fsp3) is 0.571. The van der Waals surface area contributed by atoms with Gasteiger partial charge < -0.3 is 5.73 Å². The minimum absolute atomic E-state index is 0.00833. The summed E-state index contributed by atoms with van der Waals surface area (Å²) in [5, 5.41) is 0. The number of hydrogen-bond donors (Lipinski definition) is 1. The first-order chi connectivity index (χ1) is 7.47. The fourth-order valence-corrected chi connectivity index (χ4v) is 3.03. The molecule has 0 amide bonds. The molecule has 1 atom stereocenters. The highest BCUT2D eigenvalue weighted by atomic mass is 19.1. The molecule has 1 unspecified atom stereocenters. The summed E-state index contributed by atoms with van der Waals surface area (Å²) in [6.45, 7) is 5.15. The highest BCUT2D eigenvalue weighted by molar-refractivity contribution is 5.29. The van der Waals surface area contributed by atoms with E-state index in [-0.39, 0.29) is 11.2 Å². The molecule has 0 heterocycles. The molecule has 1 aliphatic carbocycles. The zero-order valence-corrected chi connectivity index (χ0v) is 10.1. The van der Waals surface area contributed by atoms with Crippen LogP contribution in [0.2, 0.25) is 0 Å². The first-order valence-electron chi connectivity index (χ1n) is 5.94. The first-order valence-corrected chi connectivity index (χ1v) is 5.94. The SMILES string of the molecule is CC1(C)CCC(CN)(c2cccc(F)c2)C1. The third-order valence-corrected chi connectivity index (χ3v) is 3.92. The Kier molecular flexibility index (Phi) is 2.79. The van der Waals surface area contributed by atoms with Crippen LogP contribution in [0.25, 0.3) is 0 Å². The van der Waals surface area contributed by atoms with E-state index < -0.39 is 0 Å². The Morgan fingerprint density at radius 2 is 2.06 bits per heavy atom. The van der Waals surface area contributed by atoms with Crippen molar-refractivity contribution in [1.82, 2.24) is 0 Å². The Labute approximate surface area is 96.9 Å². The van der Waals surface area contributed by atoms with Crippen molar-refractivity contribution in [3.05, 3.63) is 35.6 Å². The van der Waals surface area contributed by atoms with E-state index in [0.717, 1.165) is 18.4 Å². The third kappa shape index (κ3) is 1.99. The van der Waals surface area contributed by atoms with Crippen molar-refractivity contribution in [3.8, 4) is 0 Å². The summed E-state index contributed by atoms with van der Waals surface area (Å²) in [4.78, 5) is 0. The zero-order chi connectivity index (χ0) is 11.8. The predicted molar refractivity (Wildman–Crippen MR) is 64.8 cm³/mol. The lowest BCUT2D eigenvalue weighted by molar-refractivity contribution is 0.338. The van der Waals surface area contributed by atoms with Crippen LogP contribution in [0.5, 0.6) is 0 Å². The molecular weight excluding hydrogens is 201 g/mol. The Hall–Kier alpha value is -0.890. The monoisotopic (exact) mass is 221 g/mol. The molecule has 0 spiro atoms. The van der Waals surface area contributed by atoms with Gasteiger partial charge in [0.2, 0.25) is 0 Å². The van der Waals surface area contributed by atoms with Gasteiger partial charge in [-0.1, -0.05) is 26.0 Å². The average Bonchev–Trinajstić information content (AvgIpc) is 2.56. The first kappa shape index (κ1) is 11.6. The van der Waals surface area contributed by atoms with Crippen LogP contribution in [0.4, 0.5) is 4.39 Å². The largest absolute Gasteiger partial charge is 0.330 e. The zero-order valence-electron chi connectivity index (χ0n) is 10.1. The summed E-state index contributed by atoms with van der Waals surface area (Å²) in [6.07, 6.45) is 3.29. The van der Waals surface area contributed by atoms with Crippen LogP contribution in [0, 0.1) is 11.2 Å². The van der Waals surface area contributed by atoms with Gasteiger partial charge in [-0.2, -0.15) is 0 Å². The molecular formula is C14H20FN. The van der Waals surface area contributed by atoms with E-state index in [1.807, 2.05) is 6.07 Å². The Bertz CT molecular complexity index is 386. The second kappa shape index (κ2) is 3.85. The number of benzene rings is 1. The summed E-state index contributed by atoms with van der Waals surface area (Å²) in [5.41, 5.74) is 7.34. The molecule has 0 aromatic heterocycles. The highest BCUT2D eigenvalue weighted by Crippen LogP contribution is 2.49. The molecule has 16 heavy (non-hydrogen) atoms. The lowest BCUT2D eigenvalue weighted by atomic mass is 9.76. The molecule has 2 N–H and O–H groups in total. The van der Waals surface area contributed by atoms with Gasteiger partial charge >= 0.3 is 0 Å². The van der Waals surface area contributed by atoms with E-state index in [1.165, 1.54) is 12.5 Å². The van der Waals surface area contributed by atoms with Gasteiger partial charge in [0, 0.05) is 12.0 Å². The second-order valence-electron chi connectivity index (χ2n) is 5.84. The fourth-order valence-electron chi connectivity index (χ4n) is 3.03. The number of rotatable bonds is 2. The molecule has 2 heteroatoms. The summed E-state index contributed by atoms with van der Waals surface area (Å²) >= 11 is 0. The van der Waals surface area contributed by atoms with Crippen LogP contribution >= 0.6 is 0 Å². The maximum absolute atomic E-state index is 13.3. The van der Waals surface area contributed by atoms with Crippen molar-refractivity contribution in [2.24, 2.45) is 11.1 Å². The molecule has 1 fully saturated rings. The Balaban J connectivity index is 2.36.